The minimum atomic E-state index is -1.11. The van der Waals surface area contributed by atoms with Gasteiger partial charge in [-0.15, -0.1) is 0 Å². The molecular weight excluding hydrogens is 154 g/mol. The third kappa shape index (κ3) is 2.09. The third-order valence-electron chi connectivity index (χ3n) is 2.15. The van der Waals surface area contributed by atoms with Crippen LogP contribution in [0.2, 0.25) is 0 Å². The molecule has 1 aliphatic carbocycles. The van der Waals surface area contributed by atoms with Crippen molar-refractivity contribution in [3.05, 3.63) is 11.6 Å². The Hall–Kier alpha value is -1.30. The van der Waals surface area contributed by atoms with Crippen LogP contribution in [-0.4, -0.2) is 11.1 Å². The van der Waals surface area contributed by atoms with E-state index in [9.17, 15) is 4.79 Å². The molecule has 1 aliphatic rings. The number of nitrogens with zero attached hydrogens (tertiary/aromatic N) is 1. The third-order valence-corrected chi connectivity index (χ3v) is 2.15. The molecule has 0 saturated heterocycles. The highest BCUT2D eigenvalue weighted by Gasteiger charge is 2.15. The molecule has 0 radical (unpaired) electrons. The van der Waals surface area contributed by atoms with Crippen LogP contribution >= 0.6 is 0 Å². The van der Waals surface area contributed by atoms with Gasteiger partial charge in [0.05, 0.1) is 0 Å². The highest BCUT2D eigenvalue weighted by Crippen LogP contribution is 2.26. The fourth-order valence-electron chi connectivity index (χ4n) is 1.52. The second-order valence-corrected chi connectivity index (χ2v) is 3.04. The summed E-state index contributed by atoms with van der Waals surface area (Å²) in [5.41, 5.74) is -0.109. The molecule has 1 fully saturated rings. The Morgan fingerprint density at radius 1 is 1.50 bits per heavy atom. The molecule has 3 heteroatoms. The van der Waals surface area contributed by atoms with E-state index in [1.807, 2.05) is 0 Å². The molecule has 0 aromatic rings. The van der Waals surface area contributed by atoms with E-state index in [1.54, 1.807) is 12.1 Å². The molecule has 0 amide bonds. The molecule has 0 bridgehead atoms. The van der Waals surface area contributed by atoms with E-state index in [4.69, 9.17) is 10.4 Å². The maximum absolute atomic E-state index is 10.4. The normalized spacial score (nSPS) is 19.1. The summed E-state index contributed by atoms with van der Waals surface area (Å²) in [5, 5.41) is 17.0. The first kappa shape index (κ1) is 8.79. The lowest BCUT2D eigenvalue weighted by molar-refractivity contribution is -0.132. The van der Waals surface area contributed by atoms with Gasteiger partial charge in [-0.25, -0.2) is 4.79 Å². The fraction of sp³-hybridized carbons (Fsp3) is 0.556. The zero-order chi connectivity index (χ0) is 8.97. The number of allylic oxidation sites excluding steroid dienone is 1. The molecule has 0 atom stereocenters. The summed E-state index contributed by atoms with van der Waals surface area (Å²) in [7, 11) is 0. The van der Waals surface area contributed by atoms with E-state index in [2.05, 4.69) is 0 Å². The summed E-state index contributed by atoms with van der Waals surface area (Å²) < 4.78 is 0. The van der Waals surface area contributed by atoms with Crippen LogP contribution in [0.25, 0.3) is 0 Å². The van der Waals surface area contributed by atoms with Gasteiger partial charge in [0.15, 0.2) is 0 Å². The predicted molar refractivity (Wildman–Crippen MR) is 43.3 cm³/mol. The molecular formula is C9H11NO2. The lowest BCUT2D eigenvalue weighted by Gasteiger charge is -1.99. The van der Waals surface area contributed by atoms with E-state index in [-0.39, 0.29) is 5.57 Å². The largest absolute Gasteiger partial charge is 0.477 e. The average molecular weight is 165 g/mol. The maximum atomic E-state index is 10.4. The number of hydrogen-bond acceptors (Lipinski definition) is 2. The van der Waals surface area contributed by atoms with Gasteiger partial charge in [0.1, 0.15) is 11.6 Å². The molecule has 0 aromatic heterocycles. The zero-order valence-electron chi connectivity index (χ0n) is 6.79. The minimum Gasteiger partial charge on any atom is -0.477 e. The first-order chi connectivity index (χ1) is 5.74. The van der Waals surface area contributed by atoms with Crippen LogP contribution in [-0.2, 0) is 4.79 Å². The van der Waals surface area contributed by atoms with Crippen LogP contribution in [0, 0.1) is 17.2 Å². The molecule has 3 nitrogen and oxygen atoms in total. The molecule has 1 N–H and O–H groups in total. The van der Waals surface area contributed by atoms with Gasteiger partial charge in [0.2, 0.25) is 0 Å². The van der Waals surface area contributed by atoms with Crippen LogP contribution in [0.5, 0.6) is 0 Å². The summed E-state index contributed by atoms with van der Waals surface area (Å²) in [6.45, 7) is 0. The molecule has 64 valence electrons. The van der Waals surface area contributed by atoms with Crippen molar-refractivity contribution in [2.24, 2.45) is 5.92 Å². The van der Waals surface area contributed by atoms with Gasteiger partial charge in [-0.3, -0.25) is 0 Å². The molecule has 1 saturated carbocycles. The van der Waals surface area contributed by atoms with Crippen LogP contribution in [0.4, 0.5) is 0 Å². The van der Waals surface area contributed by atoms with Crippen molar-refractivity contribution in [1.82, 2.24) is 0 Å². The molecule has 0 heterocycles. The van der Waals surface area contributed by atoms with Gasteiger partial charge in [0.25, 0.3) is 0 Å². The Kier molecular flexibility index (Phi) is 2.87. The van der Waals surface area contributed by atoms with Crippen molar-refractivity contribution in [2.75, 3.05) is 0 Å². The molecule has 0 spiro atoms. The van der Waals surface area contributed by atoms with Crippen LogP contribution in [0.15, 0.2) is 11.6 Å². The van der Waals surface area contributed by atoms with Crippen LogP contribution in [0.1, 0.15) is 25.7 Å². The molecule has 0 unspecified atom stereocenters. The number of aliphatic carboxylic acids is 1. The topological polar surface area (TPSA) is 61.1 Å². The Morgan fingerprint density at radius 2 is 2.08 bits per heavy atom. The predicted octanol–water partition coefficient (Wildman–Crippen LogP) is 1.71. The van der Waals surface area contributed by atoms with Gasteiger partial charge in [0, 0.05) is 0 Å². The summed E-state index contributed by atoms with van der Waals surface area (Å²) in [5.74, 6) is -0.792. The van der Waals surface area contributed by atoms with Crippen molar-refractivity contribution in [1.29, 1.82) is 5.26 Å². The molecule has 0 aromatic carbocycles. The lowest BCUT2D eigenvalue weighted by atomic mass is 10.1. The Labute approximate surface area is 71.3 Å². The number of rotatable bonds is 2. The van der Waals surface area contributed by atoms with Crippen molar-refractivity contribution in [3.8, 4) is 6.07 Å². The van der Waals surface area contributed by atoms with Gasteiger partial charge in [-0.1, -0.05) is 18.9 Å². The van der Waals surface area contributed by atoms with Gasteiger partial charge < -0.3 is 5.11 Å². The van der Waals surface area contributed by atoms with Crippen LogP contribution in [0.3, 0.4) is 0 Å². The summed E-state index contributed by atoms with van der Waals surface area (Å²) >= 11 is 0. The number of carbonyl (C=O) groups is 1. The SMILES string of the molecule is N#C/C(=C\C1CCCC1)C(=O)O. The number of carboxylic acids is 1. The Balaban J connectivity index is 2.64. The average Bonchev–Trinajstić information content (AvgIpc) is 2.51. The standard InChI is InChI=1S/C9H11NO2/c10-6-8(9(11)12)5-7-3-1-2-4-7/h5,7H,1-4H2,(H,11,12)/b8-5+. The van der Waals surface area contributed by atoms with E-state index in [0.29, 0.717) is 5.92 Å². The van der Waals surface area contributed by atoms with Gasteiger partial charge >= 0.3 is 5.97 Å². The van der Waals surface area contributed by atoms with E-state index < -0.39 is 5.97 Å². The first-order valence-corrected chi connectivity index (χ1v) is 4.09. The van der Waals surface area contributed by atoms with Gasteiger partial charge in [-0.05, 0) is 18.8 Å². The summed E-state index contributed by atoms with van der Waals surface area (Å²) in [6.07, 6.45) is 5.95. The fourth-order valence-corrected chi connectivity index (χ4v) is 1.52. The molecule has 12 heavy (non-hydrogen) atoms. The van der Waals surface area contributed by atoms with Crippen molar-refractivity contribution in [2.45, 2.75) is 25.7 Å². The second kappa shape index (κ2) is 3.91. The molecule has 0 aliphatic heterocycles. The number of hydrogen-bond donors (Lipinski definition) is 1. The number of nitriles is 1. The molecule has 1 rings (SSSR count). The quantitative estimate of drug-likeness (QED) is 0.500. The Bertz CT molecular complexity index is 244. The monoisotopic (exact) mass is 165 g/mol. The highest BCUT2D eigenvalue weighted by atomic mass is 16.4. The van der Waals surface area contributed by atoms with E-state index >= 15 is 0 Å². The van der Waals surface area contributed by atoms with Gasteiger partial charge in [-0.2, -0.15) is 5.26 Å². The summed E-state index contributed by atoms with van der Waals surface area (Å²) in [6, 6.07) is 1.69. The van der Waals surface area contributed by atoms with Crippen LogP contribution < -0.4 is 0 Å². The van der Waals surface area contributed by atoms with E-state index in [1.165, 1.54) is 0 Å². The van der Waals surface area contributed by atoms with Crippen molar-refractivity contribution < 1.29 is 9.90 Å². The number of carboxylic acid groups (broad SMARTS) is 1. The smallest absolute Gasteiger partial charge is 0.346 e. The zero-order valence-corrected chi connectivity index (χ0v) is 6.79. The van der Waals surface area contributed by atoms with Crippen molar-refractivity contribution >= 4 is 5.97 Å². The maximum Gasteiger partial charge on any atom is 0.346 e. The minimum absolute atomic E-state index is 0.109. The summed E-state index contributed by atoms with van der Waals surface area (Å²) in [4.78, 5) is 10.4. The second-order valence-electron chi connectivity index (χ2n) is 3.04. The first-order valence-electron chi connectivity index (χ1n) is 4.09. The highest BCUT2D eigenvalue weighted by molar-refractivity contribution is 5.90. The van der Waals surface area contributed by atoms with E-state index in [0.717, 1.165) is 25.7 Å². The van der Waals surface area contributed by atoms with Crippen molar-refractivity contribution in [3.63, 3.8) is 0 Å². The Morgan fingerprint density at radius 3 is 2.50 bits per heavy atom. The lowest BCUT2D eigenvalue weighted by Crippen LogP contribution is -2.00.